The number of Topliss-reactive ketones (excluding diaryl/α,β-unsaturated/α-hetero) is 1. The molecule has 0 unspecified atom stereocenters. The van der Waals surface area contributed by atoms with Crippen LogP contribution in [-0.4, -0.2) is 60.0 Å². The topological polar surface area (TPSA) is 100 Å². The van der Waals surface area contributed by atoms with Gasteiger partial charge in [-0.15, -0.1) is 0 Å². The molecule has 0 atom stereocenters. The van der Waals surface area contributed by atoms with Crippen LogP contribution in [0.5, 0.6) is 0 Å². The number of benzene rings is 1. The van der Waals surface area contributed by atoms with Crippen molar-refractivity contribution in [1.29, 1.82) is 0 Å². The molecule has 38 heavy (non-hydrogen) atoms. The second kappa shape index (κ2) is 17.4. The number of amides is 1. The number of aliphatic imine (C=N–C) groups is 2. The van der Waals surface area contributed by atoms with E-state index in [1.54, 1.807) is 11.9 Å². The smallest absolute Gasteiger partial charge is 0.231 e. The first kappa shape index (κ1) is 34.9. The van der Waals surface area contributed by atoms with Crippen LogP contribution in [0.3, 0.4) is 0 Å². The van der Waals surface area contributed by atoms with Crippen molar-refractivity contribution in [1.82, 2.24) is 10.0 Å². The summed E-state index contributed by atoms with van der Waals surface area (Å²) in [4.78, 5) is 35.3. The SMILES string of the molecule is C1CC1.C=C(C)C1=NC(C(=O)CCCc2ccc3c(c2)N(C)C(=O)C3)=N/C(=C/C)N1N(C)C.CC.CC.O.[HH]. The Morgan fingerprint density at radius 3 is 2.24 bits per heavy atom. The maximum atomic E-state index is 12.8. The van der Waals surface area contributed by atoms with Gasteiger partial charge in [0.05, 0.1) is 6.42 Å². The molecule has 2 N–H and O–H groups in total. The van der Waals surface area contributed by atoms with Crippen LogP contribution >= 0.6 is 0 Å². The van der Waals surface area contributed by atoms with Crippen LogP contribution in [-0.2, 0) is 22.4 Å². The van der Waals surface area contributed by atoms with E-state index in [-0.39, 0.29) is 24.4 Å². The molecular formula is C30H51N5O3. The number of likely N-dealkylation sites (N-methyl/N-ethyl adjacent to an activating group) is 1. The first-order valence-electron chi connectivity index (χ1n) is 13.6. The number of carbonyl (C=O) groups is 2. The lowest BCUT2D eigenvalue weighted by atomic mass is 10.0. The van der Waals surface area contributed by atoms with Crippen molar-refractivity contribution < 1.29 is 16.5 Å². The minimum Gasteiger partial charge on any atom is -0.412 e. The average molecular weight is 530 g/mol. The van der Waals surface area contributed by atoms with Gasteiger partial charge in [-0.25, -0.2) is 20.0 Å². The molecular weight excluding hydrogens is 478 g/mol. The third kappa shape index (κ3) is 9.65. The summed E-state index contributed by atoms with van der Waals surface area (Å²) in [5, 5.41) is 3.70. The van der Waals surface area contributed by atoms with E-state index in [1.165, 1.54) is 19.3 Å². The van der Waals surface area contributed by atoms with Gasteiger partial charge in [0.1, 0.15) is 5.82 Å². The molecule has 214 valence electrons. The summed E-state index contributed by atoms with van der Waals surface area (Å²) in [6.45, 7) is 15.7. The molecule has 1 aromatic rings. The zero-order valence-corrected chi connectivity index (χ0v) is 25.0. The molecule has 8 heteroatoms. The molecule has 1 saturated carbocycles. The Morgan fingerprint density at radius 1 is 1.13 bits per heavy atom. The number of amidine groups is 2. The zero-order valence-electron chi connectivity index (χ0n) is 25.0. The van der Waals surface area contributed by atoms with Crippen LogP contribution < -0.4 is 4.90 Å². The largest absolute Gasteiger partial charge is 0.412 e. The van der Waals surface area contributed by atoms with Crippen molar-refractivity contribution in [2.24, 2.45) is 9.98 Å². The summed E-state index contributed by atoms with van der Waals surface area (Å²) in [5.41, 5.74) is 3.91. The lowest BCUT2D eigenvalue weighted by molar-refractivity contribution is -0.117. The fourth-order valence-electron chi connectivity index (χ4n) is 3.63. The van der Waals surface area contributed by atoms with Gasteiger partial charge in [0.25, 0.3) is 0 Å². The van der Waals surface area contributed by atoms with Crippen LogP contribution in [0, 0.1) is 0 Å². The molecule has 2 heterocycles. The molecule has 1 fully saturated rings. The fraction of sp³-hybridized carbons (Fsp3) is 0.533. The summed E-state index contributed by atoms with van der Waals surface area (Å²) in [7, 11) is 5.59. The number of allylic oxidation sites excluding steroid dienone is 1. The zero-order chi connectivity index (χ0) is 28.1. The number of carbonyl (C=O) groups excluding carboxylic acids is 2. The fourth-order valence-corrected chi connectivity index (χ4v) is 3.63. The molecule has 4 rings (SSSR count). The maximum absolute atomic E-state index is 12.8. The summed E-state index contributed by atoms with van der Waals surface area (Å²) < 4.78 is 0. The molecule has 0 spiro atoms. The van der Waals surface area contributed by atoms with Gasteiger partial charge in [0.2, 0.25) is 5.91 Å². The van der Waals surface area contributed by atoms with E-state index in [4.69, 9.17) is 0 Å². The second-order valence-electron chi connectivity index (χ2n) is 8.89. The molecule has 0 bridgehead atoms. The van der Waals surface area contributed by atoms with Crippen molar-refractivity contribution in [2.75, 3.05) is 26.0 Å². The summed E-state index contributed by atoms with van der Waals surface area (Å²) in [5.74, 6) is 1.53. The van der Waals surface area contributed by atoms with Crippen LogP contribution in [0.4, 0.5) is 5.69 Å². The van der Waals surface area contributed by atoms with Crippen molar-refractivity contribution in [3.63, 3.8) is 0 Å². The standard InChI is InChI=1S/C23H29N5O2.C3H6.2C2H6.H2O.H2/c1-7-20-24-22(25-23(15(2)3)28(20)26(4)5)19(29)10-8-9-16-11-12-17-14-21(30)27(6)18(17)13-16;1-2-3-1;2*1-2;;/h7,11-13H,2,8-10,14H2,1,3-6H3;1-3H2;2*1-2H3;1H2;1H/b20-7-;;;;;. The molecule has 2 aliphatic heterocycles. The number of rotatable bonds is 7. The summed E-state index contributed by atoms with van der Waals surface area (Å²) >= 11 is 0. The third-order valence-corrected chi connectivity index (χ3v) is 5.59. The van der Waals surface area contributed by atoms with E-state index >= 15 is 0 Å². The van der Waals surface area contributed by atoms with Crippen LogP contribution in [0.2, 0.25) is 0 Å². The van der Waals surface area contributed by atoms with Crippen molar-refractivity contribution >= 4 is 29.0 Å². The van der Waals surface area contributed by atoms with E-state index in [0.717, 1.165) is 28.8 Å². The van der Waals surface area contributed by atoms with Crippen LogP contribution in [0.1, 0.15) is 86.2 Å². The highest BCUT2D eigenvalue weighted by Gasteiger charge is 2.27. The van der Waals surface area contributed by atoms with Gasteiger partial charge in [-0.2, -0.15) is 0 Å². The molecule has 0 saturated heterocycles. The number of hydrogen-bond acceptors (Lipinski definition) is 6. The van der Waals surface area contributed by atoms with Gasteiger partial charge in [0.15, 0.2) is 17.5 Å². The summed E-state index contributed by atoms with van der Waals surface area (Å²) in [6, 6.07) is 6.10. The Labute approximate surface area is 231 Å². The Hall–Kier alpha value is -3.10. The van der Waals surface area contributed by atoms with Gasteiger partial charge in [-0.3, -0.25) is 9.59 Å². The number of aryl methyl sites for hydroxylation is 1. The number of ketones is 1. The molecule has 1 aliphatic carbocycles. The highest BCUT2D eigenvalue weighted by molar-refractivity contribution is 6.41. The first-order valence-corrected chi connectivity index (χ1v) is 13.6. The Morgan fingerprint density at radius 2 is 1.74 bits per heavy atom. The Kier molecular flexibility index (Phi) is 16.0. The van der Waals surface area contributed by atoms with Gasteiger partial charge in [0, 0.05) is 34.7 Å². The Balaban J connectivity index is 0. The van der Waals surface area contributed by atoms with Crippen molar-refractivity contribution in [2.45, 2.75) is 86.5 Å². The predicted octanol–water partition coefficient (Wildman–Crippen LogP) is 5.77. The molecule has 8 nitrogen and oxygen atoms in total. The average Bonchev–Trinajstić information content (AvgIpc) is 3.77. The van der Waals surface area contributed by atoms with Gasteiger partial charge < -0.3 is 10.4 Å². The monoisotopic (exact) mass is 529 g/mol. The van der Waals surface area contributed by atoms with E-state index in [1.807, 2.05) is 89.9 Å². The number of nitrogens with zero attached hydrogens (tertiary/aromatic N) is 5. The molecule has 1 amide bonds. The van der Waals surface area contributed by atoms with Crippen molar-refractivity contribution in [3.05, 3.63) is 53.4 Å². The van der Waals surface area contributed by atoms with E-state index in [0.29, 0.717) is 30.9 Å². The van der Waals surface area contributed by atoms with E-state index < -0.39 is 0 Å². The lowest BCUT2D eigenvalue weighted by Gasteiger charge is -2.34. The molecule has 3 aliphatic rings. The first-order chi connectivity index (χ1) is 17.7. The predicted molar refractivity (Wildman–Crippen MR) is 163 cm³/mol. The molecule has 0 aromatic heterocycles. The van der Waals surface area contributed by atoms with Gasteiger partial charge >= 0.3 is 0 Å². The second-order valence-corrected chi connectivity index (χ2v) is 8.89. The minimum atomic E-state index is -0.0834. The number of anilines is 1. The summed E-state index contributed by atoms with van der Waals surface area (Å²) in [6.07, 6.45) is 8.62. The third-order valence-electron chi connectivity index (χ3n) is 5.59. The van der Waals surface area contributed by atoms with Crippen molar-refractivity contribution in [3.8, 4) is 0 Å². The van der Waals surface area contributed by atoms with Crippen LogP contribution in [0.25, 0.3) is 0 Å². The minimum absolute atomic E-state index is 0. The molecule has 0 radical (unpaired) electrons. The maximum Gasteiger partial charge on any atom is 0.231 e. The number of fused-ring (bicyclic) bond motifs is 1. The van der Waals surface area contributed by atoms with Gasteiger partial charge in [-0.1, -0.05) is 65.7 Å². The number of hydrazine groups is 1. The van der Waals surface area contributed by atoms with Gasteiger partial charge in [-0.05, 0) is 55.5 Å². The highest BCUT2D eigenvalue weighted by Crippen LogP contribution is 2.29. The Bertz CT molecular complexity index is 1040. The van der Waals surface area contributed by atoms with Crippen LogP contribution in [0.15, 0.2) is 52.2 Å². The highest BCUT2D eigenvalue weighted by atomic mass is 16.2. The van der Waals surface area contributed by atoms with E-state index in [9.17, 15) is 9.59 Å². The van der Waals surface area contributed by atoms with E-state index in [2.05, 4.69) is 16.6 Å². The lowest BCUT2D eigenvalue weighted by Crippen LogP contribution is -2.44. The quantitative estimate of drug-likeness (QED) is 0.448. The normalized spacial score (nSPS) is 15.9. The number of hydrogen-bond donors (Lipinski definition) is 0. The molecule has 1 aromatic carbocycles.